The van der Waals surface area contributed by atoms with Crippen molar-refractivity contribution in [3.8, 4) is 0 Å². The number of hydrogen-bond acceptors (Lipinski definition) is 14. The van der Waals surface area contributed by atoms with E-state index in [2.05, 4.69) is 0 Å². The topological polar surface area (TPSA) is 240 Å². The molecule has 19 heteroatoms. The molecule has 52 heavy (non-hydrogen) atoms. The highest BCUT2D eigenvalue weighted by molar-refractivity contribution is 5.82. The van der Waals surface area contributed by atoms with Crippen LogP contribution >= 0.6 is 0 Å². The molecule has 2 aliphatic heterocycles. The van der Waals surface area contributed by atoms with Gasteiger partial charge in [0.1, 0.15) is 42.7 Å². The third kappa shape index (κ3) is 10.1. The van der Waals surface area contributed by atoms with Crippen LogP contribution in [0.25, 0.3) is 0 Å². The molecule has 7 N–H and O–H groups in total. The molecular weight excluding hydrogens is 707 g/mol. The number of carbonyl (C=O) groups excluding carboxylic acids is 2. The number of nitrogens with one attached hydrogen (secondary N) is 1. The van der Waals surface area contributed by atoms with Gasteiger partial charge in [0.25, 0.3) is 0 Å². The average molecular weight is 760 g/mol. The van der Waals surface area contributed by atoms with Crippen LogP contribution < -0.4 is 5.32 Å². The van der Waals surface area contributed by atoms with Crippen LogP contribution in [0.15, 0.2) is 0 Å². The molecule has 2 aliphatic carbocycles. The molecule has 0 bridgehead atoms. The summed E-state index contributed by atoms with van der Waals surface area (Å²) in [6.45, 7) is 2.26. The monoisotopic (exact) mass is 759 g/mol. The van der Waals surface area contributed by atoms with E-state index >= 15 is 0 Å². The Hall–Kier alpha value is -2.20. The number of carboxylic acid groups (broad SMARTS) is 1. The number of ether oxygens (including phenoxy) is 6. The first-order valence-electron chi connectivity index (χ1n) is 17.8. The number of esters is 1. The van der Waals surface area contributed by atoms with Crippen molar-refractivity contribution < 1.29 is 86.6 Å². The third-order valence-electron chi connectivity index (χ3n) is 10.7. The third-order valence-corrected chi connectivity index (χ3v) is 10.7. The smallest absolute Gasteiger partial charge is 0.471 e. The van der Waals surface area contributed by atoms with E-state index in [1.807, 2.05) is 0 Å². The van der Waals surface area contributed by atoms with Crippen molar-refractivity contribution in [1.29, 1.82) is 0 Å². The minimum absolute atomic E-state index is 0.0329. The van der Waals surface area contributed by atoms with E-state index in [-0.39, 0.29) is 25.2 Å². The van der Waals surface area contributed by atoms with Crippen LogP contribution in [0, 0.1) is 17.8 Å². The van der Waals surface area contributed by atoms with Crippen molar-refractivity contribution in [1.82, 2.24) is 5.32 Å². The summed E-state index contributed by atoms with van der Waals surface area (Å²) in [6.07, 6.45) is -20.0. The number of methoxy groups -OCH3 is 1. The van der Waals surface area contributed by atoms with Crippen LogP contribution in [0.2, 0.25) is 0 Å². The van der Waals surface area contributed by atoms with E-state index in [1.165, 1.54) is 6.92 Å². The largest absolute Gasteiger partial charge is 0.479 e. The van der Waals surface area contributed by atoms with Gasteiger partial charge in [0, 0.05) is 0 Å². The number of hydrogen-bond donors (Lipinski definition) is 7. The zero-order chi connectivity index (χ0) is 38.5. The SMILES string of the molecule is CC[C@H]1CC(C(=O)OC)CC(O[C@@H]2O[C@H](CO)[C@H](O)[C@H](OC(CC3CCCCC3)C(=O)O)[C@H]2NC(=O)C(F)(F)F)[C@@H]1OC1O[C@@H](C)[C@@H](O)[C@H](O)[C@@H]1O. The lowest BCUT2D eigenvalue weighted by Crippen LogP contribution is -2.68. The fourth-order valence-corrected chi connectivity index (χ4v) is 7.72. The predicted octanol–water partition coefficient (Wildman–Crippen LogP) is 0.128. The summed E-state index contributed by atoms with van der Waals surface area (Å²) in [5.74, 6) is -6.07. The highest BCUT2D eigenvalue weighted by Crippen LogP contribution is 2.40. The maximum Gasteiger partial charge on any atom is 0.471 e. The molecule has 2 saturated heterocycles. The lowest BCUT2D eigenvalue weighted by atomic mass is 9.76. The highest BCUT2D eigenvalue weighted by Gasteiger charge is 2.54. The first-order chi connectivity index (χ1) is 24.5. The summed E-state index contributed by atoms with van der Waals surface area (Å²) in [7, 11) is 1.16. The van der Waals surface area contributed by atoms with Crippen LogP contribution in [0.5, 0.6) is 0 Å². The Kier molecular flexibility index (Phi) is 15.1. The molecule has 4 aliphatic rings. The van der Waals surface area contributed by atoms with E-state index in [4.69, 9.17) is 28.4 Å². The molecule has 0 radical (unpaired) electrons. The summed E-state index contributed by atoms with van der Waals surface area (Å²) < 4.78 is 75.7. The van der Waals surface area contributed by atoms with E-state index < -0.39 is 122 Å². The lowest BCUT2D eigenvalue weighted by Gasteiger charge is -2.49. The molecular formula is C33H52F3NO15. The first-order valence-corrected chi connectivity index (χ1v) is 17.8. The van der Waals surface area contributed by atoms with Gasteiger partial charge in [0.05, 0.1) is 37.9 Å². The molecule has 1 amide bonds. The second-order valence-corrected chi connectivity index (χ2v) is 14.2. The molecule has 4 rings (SSSR count). The van der Waals surface area contributed by atoms with Crippen molar-refractivity contribution in [2.45, 2.75) is 157 Å². The molecule has 0 aromatic rings. The Morgan fingerprint density at radius 3 is 2.15 bits per heavy atom. The van der Waals surface area contributed by atoms with Crippen LogP contribution in [-0.2, 0) is 42.8 Å². The summed E-state index contributed by atoms with van der Waals surface area (Å²) in [6, 6.07) is -2.02. The number of rotatable bonds is 13. The zero-order valence-corrected chi connectivity index (χ0v) is 29.3. The molecule has 4 unspecified atom stereocenters. The van der Waals surface area contributed by atoms with Crippen LogP contribution in [0.3, 0.4) is 0 Å². The Morgan fingerprint density at radius 1 is 0.904 bits per heavy atom. The van der Waals surface area contributed by atoms with E-state index in [0.29, 0.717) is 19.3 Å². The number of alkyl halides is 3. The van der Waals surface area contributed by atoms with Gasteiger partial charge in [0.15, 0.2) is 18.7 Å². The van der Waals surface area contributed by atoms with Gasteiger partial charge < -0.3 is 64.4 Å². The molecule has 2 heterocycles. The summed E-state index contributed by atoms with van der Waals surface area (Å²) in [5, 5.41) is 64.5. The molecule has 0 aromatic carbocycles. The number of aliphatic hydroxyl groups excluding tert-OH is 5. The molecule has 0 spiro atoms. The van der Waals surface area contributed by atoms with Crippen molar-refractivity contribution in [3.63, 3.8) is 0 Å². The first kappa shape index (κ1) is 42.5. The number of carboxylic acids is 1. The Labute approximate surface area is 298 Å². The van der Waals surface area contributed by atoms with Crippen LogP contribution in [-0.4, -0.2) is 148 Å². The number of halogens is 3. The quantitative estimate of drug-likeness (QED) is 0.124. The summed E-state index contributed by atoms with van der Waals surface area (Å²) >= 11 is 0. The fourth-order valence-electron chi connectivity index (χ4n) is 7.72. The van der Waals surface area contributed by atoms with Crippen LogP contribution in [0.4, 0.5) is 13.2 Å². The van der Waals surface area contributed by atoms with Gasteiger partial charge in [-0.1, -0.05) is 45.4 Å². The van der Waals surface area contributed by atoms with Gasteiger partial charge in [-0.2, -0.15) is 13.2 Å². The maximum absolute atomic E-state index is 13.7. The van der Waals surface area contributed by atoms with E-state index in [1.54, 1.807) is 12.2 Å². The van der Waals surface area contributed by atoms with Gasteiger partial charge in [-0.15, -0.1) is 0 Å². The van der Waals surface area contributed by atoms with Gasteiger partial charge in [-0.05, 0) is 38.0 Å². The minimum Gasteiger partial charge on any atom is -0.479 e. The van der Waals surface area contributed by atoms with Crippen molar-refractivity contribution in [2.75, 3.05) is 13.7 Å². The van der Waals surface area contributed by atoms with Crippen molar-refractivity contribution in [2.24, 2.45) is 17.8 Å². The Morgan fingerprint density at radius 2 is 1.58 bits per heavy atom. The van der Waals surface area contributed by atoms with Crippen LogP contribution in [0.1, 0.15) is 71.6 Å². The molecule has 16 nitrogen and oxygen atoms in total. The summed E-state index contributed by atoms with van der Waals surface area (Å²) in [4.78, 5) is 37.6. The number of carbonyl (C=O) groups is 3. The van der Waals surface area contributed by atoms with Gasteiger partial charge >= 0.3 is 24.0 Å². The second kappa shape index (κ2) is 18.4. The van der Waals surface area contributed by atoms with Crippen molar-refractivity contribution >= 4 is 17.8 Å². The number of aliphatic hydroxyl groups is 5. The molecule has 15 atom stereocenters. The van der Waals surface area contributed by atoms with Gasteiger partial charge in [-0.25, -0.2) is 4.79 Å². The minimum atomic E-state index is -5.45. The standard InChI is InChI=1S/C33H52F3NO15/c1-4-16-11-17(29(45)47-3)12-18(26(16)52-31-25(42)24(41)22(39)14(2)48-31)50-30-21(37-32(46)33(34,35)36)27(23(40)20(13-38)51-30)49-19(28(43)44)10-15-8-6-5-7-9-15/h14-27,30-31,38-42H,4-13H2,1-3H3,(H,37,46)(H,43,44)/t14-,16-,17?,18?,19?,20+,21+,22+,23-,24-,25-,26+,27+,30+,31?/m0/s1. The number of aliphatic carboxylic acids is 1. The van der Waals surface area contributed by atoms with E-state index in [9.17, 15) is 58.2 Å². The lowest BCUT2D eigenvalue weighted by molar-refractivity contribution is -0.339. The Balaban J connectivity index is 1.71. The molecule has 4 fully saturated rings. The van der Waals surface area contributed by atoms with E-state index in [0.717, 1.165) is 26.4 Å². The summed E-state index contributed by atoms with van der Waals surface area (Å²) in [5.41, 5.74) is 0. The Bertz CT molecular complexity index is 1190. The second-order valence-electron chi connectivity index (χ2n) is 14.2. The molecule has 300 valence electrons. The fraction of sp³-hybridized carbons (Fsp3) is 0.909. The van der Waals surface area contributed by atoms with Gasteiger partial charge in [0.2, 0.25) is 0 Å². The zero-order valence-electron chi connectivity index (χ0n) is 29.3. The molecule has 2 saturated carbocycles. The average Bonchev–Trinajstić information content (AvgIpc) is 3.11. The van der Waals surface area contributed by atoms with Gasteiger partial charge in [-0.3, -0.25) is 9.59 Å². The predicted molar refractivity (Wildman–Crippen MR) is 168 cm³/mol. The van der Waals surface area contributed by atoms with Crippen molar-refractivity contribution in [3.05, 3.63) is 0 Å². The highest BCUT2D eigenvalue weighted by atomic mass is 19.4. The number of amides is 1. The molecule has 0 aromatic heterocycles. The normalized spacial score (nSPS) is 39.8. The maximum atomic E-state index is 13.7.